The Morgan fingerprint density at radius 2 is 1.50 bits per heavy atom. The third kappa shape index (κ3) is 3.82. The van der Waals surface area contributed by atoms with Gasteiger partial charge in [-0.3, -0.25) is 4.90 Å². The number of rotatable bonds is 3. The van der Waals surface area contributed by atoms with Crippen LogP contribution in [-0.2, 0) is 0 Å². The highest BCUT2D eigenvalue weighted by Gasteiger charge is 2.35. The highest BCUT2D eigenvalue weighted by Crippen LogP contribution is 2.40. The van der Waals surface area contributed by atoms with E-state index in [0.29, 0.717) is 6.04 Å². The van der Waals surface area contributed by atoms with Crippen molar-refractivity contribution in [2.75, 3.05) is 6.54 Å². The van der Waals surface area contributed by atoms with Crippen LogP contribution in [0.2, 0.25) is 0 Å². The minimum absolute atomic E-state index is 0. The molecule has 2 unspecified atom stereocenters. The largest absolute Gasteiger partial charge is 0.293 e. The third-order valence-electron chi connectivity index (χ3n) is 5.37. The smallest absolute Gasteiger partial charge is 0.0351 e. The molecule has 0 amide bonds. The second-order valence-corrected chi connectivity index (χ2v) is 8.11. The van der Waals surface area contributed by atoms with E-state index in [2.05, 4.69) is 60.4 Å². The molecular formula is C21H26ClNS. The highest BCUT2D eigenvalue weighted by molar-refractivity contribution is 7.99. The minimum atomic E-state index is 0. The number of fused-ring (bicyclic) bond motifs is 1. The first-order valence-electron chi connectivity index (χ1n) is 8.90. The van der Waals surface area contributed by atoms with Gasteiger partial charge in [0.2, 0.25) is 0 Å². The minimum Gasteiger partial charge on any atom is -0.293 e. The fourth-order valence-corrected chi connectivity index (χ4v) is 4.93. The van der Waals surface area contributed by atoms with Crippen molar-refractivity contribution in [1.82, 2.24) is 4.90 Å². The molecule has 0 aliphatic carbocycles. The zero-order valence-electron chi connectivity index (χ0n) is 14.3. The number of benzene rings is 2. The Bertz CT molecular complexity index is 653. The van der Waals surface area contributed by atoms with Crippen molar-refractivity contribution < 1.29 is 0 Å². The van der Waals surface area contributed by atoms with Gasteiger partial charge in [0.25, 0.3) is 0 Å². The lowest BCUT2D eigenvalue weighted by atomic mass is 10.0. The van der Waals surface area contributed by atoms with Crippen LogP contribution in [0.5, 0.6) is 0 Å². The highest BCUT2D eigenvalue weighted by atomic mass is 35.5. The van der Waals surface area contributed by atoms with Crippen LogP contribution in [0.25, 0.3) is 0 Å². The monoisotopic (exact) mass is 359 g/mol. The molecule has 2 aromatic rings. The van der Waals surface area contributed by atoms with Crippen molar-refractivity contribution in [3.05, 3.63) is 59.7 Å². The molecule has 0 spiro atoms. The molecule has 0 aromatic heterocycles. The van der Waals surface area contributed by atoms with Crippen LogP contribution in [0.4, 0.5) is 0 Å². The molecule has 128 valence electrons. The molecule has 1 nitrogen and oxygen atoms in total. The third-order valence-corrected chi connectivity index (χ3v) is 6.38. The van der Waals surface area contributed by atoms with Gasteiger partial charge in [-0.1, -0.05) is 48.0 Å². The molecule has 0 N–H and O–H groups in total. The summed E-state index contributed by atoms with van der Waals surface area (Å²) in [6.07, 6.45) is 6.96. The van der Waals surface area contributed by atoms with Crippen molar-refractivity contribution >= 4 is 24.2 Å². The Morgan fingerprint density at radius 3 is 2.21 bits per heavy atom. The Kier molecular flexibility index (Phi) is 5.91. The van der Waals surface area contributed by atoms with E-state index in [-0.39, 0.29) is 12.4 Å². The lowest BCUT2D eigenvalue weighted by Gasteiger charge is -2.34. The predicted octanol–water partition coefficient (Wildman–Crippen LogP) is 6.26. The Labute approximate surface area is 156 Å². The van der Waals surface area contributed by atoms with Crippen LogP contribution >= 0.6 is 24.2 Å². The number of nitrogens with zero attached hydrogens (tertiary/aromatic N) is 1. The maximum absolute atomic E-state index is 2.77. The van der Waals surface area contributed by atoms with Gasteiger partial charge < -0.3 is 0 Å². The maximum Gasteiger partial charge on any atom is 0.0351 e. The first-order chi connectivity index (χ1) is 11.3. The average Bonchev–Trinajstić information content (AvgIpc) is 3.02. The van der Waals surface area contributed by atoms with Crippen LogP contribution in [0.1, 0.15) is 49.3 Å². The van der Waals surface area contributed by atoms with Gasteiger partial charge in [0.05, 0.1) is 0 Å². The van der Waals surface area contributed by atoms with Crippen molar-refractivity contribution in [2.24, 2.45) is 0 Å². The number of halogens is 1. The Morgan fingerprint density at radius 1 is 0.833 bits per heavy atom. The topological polar surface area (TPSA) is 3.24 Å². The van der Waals surface area contributed by atoms with Crippen LogP contribution in [-0.4, -0.2) is 17.5 Å². The summed E-state index contributed by atoms with van der Waals surface area (Å²) >= 11 is 1.86. The van der Waals surface area contributed by atoms with Gasteiger partial charge in [0.15, 0.2) is 0 Å². The molecule has 0 bridgehead atoms. The fraction of sp³-hybridized carbons (Fsp3) is 0.429. The molecule has 2 atom stereocenters. The molecule has 2 aromatic carbocycles. The van der Waals surface area contributed by atoms with E-state index in [1.54, 1.807) is 0 Å². The molecule has 2 saturated heterocycles. The average molecular weight is 360 g/mol. The number of hydrogen-bond acceptors (Lipinski definition) is 2. The zero-order chi connectivity index (χ0) is 15.6. The van der Waals surface area contributed by atoms with Gasteiger partial charge in [-0.25, -0.2) is 0 Å². The number of hydrogen-bond donors (Lipinski definition) is 0. The second kappa shape index (κ2) is 7.95. The van der Waals surface area contributed by atoms with Gasteiger partial charge in [0.1, 0.15) is 0 Å². The summed E-state index contributed by atoms with van der Waals surface area (Å²) in [5.41, 5.74) is 2.84. The molecule has 2 fully saturated rings. The molecule has 3 heteroatoms. The number of piperidine rings is 1. The van der Waals surface area contributed by atoms with Crippen LogP contribution < -0.4 is 0 Å². The summed E-state index contributed by atoms with van der Waals surface area (Å²) in [6.45, 7) is 3.44. The molecule has 0 radical (unpaired) electrons. The van der Waals surface area contributed by atoms with Crippen LogP contribution in [0.3, 0.4) is 0 Å². The predicted molar refractivity (Wildman–Crippen MR) is 105 cm³/mol. The summed E-state index contributed by atoms with van der Waals surface area (Å²) < 4.78 is 0. The quantitative estimate of drug-likeness (QED) is 0.636. The van der Waals surface area contributed by atoms with Gasteiger partial charge >= 0.3 is 0 Å². The Hall–Kier alpha value is -0.960. The lowest BCUT2D eigenvalue weighted by Crippen LogP contribution is -2.35. The second-order valence-electron chi connectivity index (χ2n) is 6.96. The maximum atomic E-state index is 2.77. The molecule has 24 heavy (non-hydrogen) atoms. The first kappa shape index (κ1) is 17.8. The zero-order valence-corrected chi connectivity index (χ0v) is 15.9. The van der Waals surface area contributed by atoms with Gasteiger partial charge in [-0.05, 0) is 69.0 Å². The van der Waals surface area contributed by atoms with Crippen LogP contribution in [0, 0.1) is 6.92 Å². The molecular weight excluding hydrogens is 334 g/mol. The van der Waals surface area contributed by atoms with Gasteiger partial charge in [0, 0.05) is 21.9 Å². The van der Waals surface area contributed by atoms with E-state index in [0.717, 1.165) is 6.04 Å². The first-order valence-corrected chi connectivity index (χ1v) is 9.71. The summed E-state index contributed by atoms with van der Waals surface area (Å²) in [5, 5.41) is 0. The van der Waals surface area contributed by atoms with Gasteiger partial charge in [-0.2, -0.15) is 0 Å². The summed E-state index contributed by atoms with van der Waals surface area (Å²) in [6, 6.07) is 19.6. The van der Waals surface area contributed by atoms with E-state index >= 15 is 0 Å². The van der Waals surface area contributed by atoms with Crippen molar-refractivity contribution in [3.63, 3.8) is 0 Å². The number of aryl methyl sites for hydroxylation is 1. The summed E-state index contributed by atoms with van der Waals surface area (Å²) in [4.78, 5) is 5.43. The fourth-order valence-electron chi connectivity index (χ4n) is 4.12. The van der Waals surface area contributed by atoms with E-state index in [1.165, 1.54) is 59.6 Å². The van der Waals surface area contributed by atoms with Crippen LogP contribution in [0.15, 0.2) is 58.3 Å². The molecule has 2 aliphatic heterocycles. The van der Waals surface area contributed by atoms with E-state index in [1.807, 2.05) is 11.8 Å². The lowest BCUT2D eigenvalue weighted by molar-refractivity contribution is 0.150. The van der Waals surface area contributed by atoms with Gasteiger partial charge in [-0.15, -0.1) is 12.4 Å². The van der Waals surface area contributed by atoms with E-state index in [4.69, 9.17) is 0 Å². The summed E-state index contributed by atoms with van der Waals surface area (Å²) in [5.74, 6) is 0. The van der Waals surface area contributed by atoms with Crippen molar-refractivity contribution in [3.8, 4) is 0 Å². The molecule has 2 aliphatic rings. The molecule has 4 rings (SSSR count). The standard InChI is InChI=1S/C21H25NS.ClH/c1-16-5-10-19(11-6-16)23-20-12-7-17(8-13-20)21-14-9-18-4-2-3-15-22(18)21;/h5-8,10-13,18,21H,2-4,9,14-15H2,1H3;1H. The van der Waals surface area contributed by atoms with Crippen molar-refractivity contribution in [2.45, 2.75) is 60.9 Å². The normalized spacial score (nSPS) is 23.5. The molecule has 0 saturated carbocycles. The van der Waals surface area contributed by atoms with E-state index < -0.39 is 0 Å². The summed E-state index contributed by atoms with van der Waals surface area (Å²) in [7, 11) is 0. The van der Waals surface area contributed by atoms with E-state index in [9.17, 15) is 0 Å². The van der Waals surface area contributed by atoms with Crippen molar-refractivity contribution in [1.29, 1.82) is 0 Å². The SMILES string of the molecule is Cc1ccc(Sc2ccc(C3CCC4CCCCN43)cc2)cc1.Cl. The molecule has 2 heterocycles. The Balaban J connectivity index is 0.00000169.